The van der Waals surface area contributed by atoms with Crippen molar-refractivity contribution in [1.82, 2.24) is 9.88 Å². The van der Waals surface area contributed by atoms with Crippen LogP contribution in [0.4, 0.5) is 5.69 Å². The number of para-hydroxylation sites is 1. The van der Waals surface area contributed by atoms with E-state index in [-0.39, 0.29) is 5.91 Å². The SMILES string of the molecule is Cc1cccc(C)c1N=C1NC(=O)/C(=C/c2cc(C)n(CC(C)C)c2C)S1. The molecule has 0 saturated carbocycles. The Bertz CT molecular complexity index is 930. The fraction of sp³-hybridized carbons (Fsp3) is 0.364. The summed E-state index contributed by atoms with van der Waals surface area (Å²) in [6.45, 7) is 13.7. The highest BCUT2D eigenvalue weighted by Crippen LogP contribution is 2.31. The van der Waals surface area contributed by atoms with Crippen LogP contribution >= 0.6 is 11.8 Å². The van der Waals surface area contributed by atoms with Gasteiger partial charge in [0.15, 0.2) is 5.17 Å². The van der Waals surface area contributed by atoms with Crippen LogP contribution < -0.4 is 5.32 Å². The number of rotatable bonds is 4. The van der Waals surface area contributed by atoms with Gasteiger partial charge in [-0.25, -0.2) is 4.99 Å². The van der Waals surface area contributed by atoms with Crippen LogP contribution in [0.3, 0.4) is 0 Å². The molecular weight excluding hydrogens is 354 g/mol. The number of aryl methyl sites for hydroxylation is 3. The number of amidine groups is 1. The van der Waals surface area contributed by atoms with Crippen LogP contribution in [-0.4, -0.2) is 15.6 Å². The van der Waals surface area contributed by atoms with E-state index in [0.717, 1.165) is 28.9 Å². The van der Waals surface area contributed by atoms with Crippen molar-refractivity contribution in [3.05, 3.63) is 57.2 Å². The Morgan fingerprint density at radius 3 is 2.48 bits per heavy atom. The summed E-state index contributed by atoms with van der Waals surface area (Å²) in [5.74, 6) is 0.495. The molecule has 0 radical (unpaired) electrons. The number of amides is 1. The zero-order valence-electron chi connectivity index (χ0n) is 16.9. The monoisotopic (exact) mass is 381 g/mol. The van der Waals surface area contributed by atoms with Crippen molar-refractivity contribution in [2.24, 2.45) is 10.9 Å². The van der Waals surface area contributed by atoms with Gasteiger partial charge in [0.1, 0.15) is 0 Å². The van der Waals surface area contributed by atoms with Gasteiger partial charge in [0, 0.05) is 17.9 Å². The molecule has 1 saturated heterocycles. The van der Waals surface area contributed by atoms with Crippen LogP contribution in [-0.2, 0) is 11.3 Å². The molecule has 1 aromatic carbocycles. The van der Waals surface area contributed by atoms with Crippen LogP contribution in [0.15, 0.2) is 34.2 Å². The molecule has 1 aromatic heterocycles. The predicted octanol–water partition coefficient (Wildman–Crippen LogP) is 5.27. The van der Waals surface area contributed by atoms with E-state index in [1.54, 1.807) is 0 Å². The van der Waals surface area contributed by atoms with Gasteiger partial charge in [-0.1, -0.05) is 32.0 Å². The first kappa shape index (κ1) is 19.5. The summed E-state index contributed by atoms with van der Waals surface area (Å²) >= 11 is 1.40. The molecule has 2 aromatic rings. The van der Waals surface area contributed by atoms with Crippen molar-refractivity contribution in [3.63, 3.8) is 0 Å². The maximum atomic E-state index is 12.4. The van der Waals surface area contributed by atoms with Crippen molar-refractivity contribution >= 4 is 34.6 Å². The lowest BCUT2D eigenvalue weighted by molar-refractivity contribution is -0.115. The standard InChI is InChI=1S/C22H27N3OS/c1-13(2)12-25-16(5)10-18(17(25)6)11-19-21(26)24-22(27-19)23-20-14(3)8-7-9-15(20)4/h7-11,13H,12H2,1-6H3,(H,23,24,26)/b19-11-. The predicted molar refractivity (Wildman–Crippen MR) is 115 cm³/mol. The Morgan fingerprint density at radius 1 is 1.19 bits per heavy atom. The largest absolute Gasteiger partial charge is 0.348 e. The molecule has 0 bridgehead atoms. The highest BCUT2D eigenvalue weighted by molar-refractivity contribution is 8.18. The Labute approximate surface area is 165 Å². The van der Waals surface area contributed by atoms with Crippen molar-refractivity contribution in [2.75, 3.05) is 0 Å². The smallest absolute Gasteiger partial charge is 0.264 e. The molecule has 2 heterocycles. The summed E-state index contributed by atoms with van der Waals surface area (Å²) < 4.78 is 2.32. The summed E-state index contributed by atoms with van der Waals surface area (Å²) in [4.78, 5) is 17.8. The maximum Gasteiger partial charge on any atom is 0.264 e. The third kappa shape index (κ3) is 4.19. The van der Waals surface area contributed by atoms with Gasteiger partial charge in [0.25, 0.3) is 5.91 Å². The molecule has 1 fully saturated rings. The molecule has 1 N–H and O–H groups in total. The van der Waals surface area contributed by atoms with E-state index in [0.29, 0.717) is 16.0 Å². The molecule has 4 nitrogen and oxygen atoms in total. The average Bonchev–Trinajstić information content (AvgIpc) is 3.05. The van der Waals surface area contributed by atoms with E-state index in [1.165, 1.54) is 23.1 Å². The van der Waals surface area contributed by atoms with Gasteiger partial charge in [-0.15, -0.1) is 0 Å². The highest BCUT2D eigenvalue weighted by atomic mass is 32.2. The highest BCUT2D eigenvalue weighted by Gasteiger charge is 2.25. The van der Waals surface area contributed by atoms with Crippen LogP contribution in [0.2, 0.25) is 0 Å². The van der Waals surface area contributed by atoms with Gasteiger partial charge in [0.05, 0.1) is 10.6 Å². The Hall–Kier alpha value is -2.27. The minimum absolute atomic E-state index is 0.0846. The number of carbonyl (C=O) groups excluding carboxylic acids is 1. The quantitative estimate of drug-likeness (QED) is 0.734. The second kappa shape index (κ2) is 7.77. The number of nitrogens with one attached hydrogen (secondary N) is 1. The van der Waals surface area contributed by atoms with Crippen LogP contribution in [0, 0.1) is 33.6 Å². The molecule has 142 valence electrons. The summed E-state index contributed by atoms with van der Waals surface area (Å²) in [5, 5.41) is 3.54. The molecule has 0 unspecified atom stereocenters. The molecule has 0 atom stereocenters. The van der Waals surface area contributed by atoms with Crippen LogP contribution in [0.25, 0.3) is 6.08 Å². The molecule has 5 heteroatoms. The van der Waals surface area contributed by atoms with Gasteiger partial charge < -0.3 is 9.88 Å². The second-order valence-electron chi connectivity index (χ2n) is 7.55. The van der Waals surface area contributed by atoms with E-state index >= 15 is 0 Å². The average molecular weight is 382 g/mol. The topological polar surface area (TPSA) is 46.4 Å². The lowest BCUT2D eigenvalue weighted by Gasteiger charge is -2.11. The lowest BCUT2D eigenvalue weighted by atomic mass is 10.1. The van der Waals surface area contributed by atoms with E-state index in [2.05, 4.69) is 48.6 Å². The van der Waals surface area contributed by atoms with E-state index in [9.17, 15) is 4.79 Å². The van der Waals surface area contributed by atoms with Crippen molar-refractivity contribution in [2.45, 2.75) is 48.1 Å². The minimum Gasteiger partial charge on any atom is -0.348 e. The number of hydrogen-bond acceptors (Lipinski definition) is 3. The van der Waals surface area contributed by atoms with Gasteiger partial charge in [0.2, 0.25) is 0 Å². The molecule has 1 amide bonds. The summed E-state index contributed by atoms with van der Waals surface area (Å²) in [5.41, 5.74) is 6.65. The third-order valence-electron chi connectivity index (χ3n) is 4.75. The lowest BCUT2D eigenvalue weighted by Crippen LogP contribution is -2.19. The number of aromatic nitrogens is 1. The number of thioether (sulfide) groups is 1. The Morgan fingerprint density at radius 2 is 1.85 bits per heavy atom. The molecule has 0 aliphatic carbocycles. The Kier molecular flexibility index (Phi) is 5.61. The van der Waals surface area contributed by atoms with Crippen molar-refractivity contribution in [1.29, 1.82) is 0 Å². The molecule has 27 heavy (non-hydrogen) atoms. The first-order valence-corrected chi connectivity index (χ1v) is 10.1. The normalized spacial score (nSPS) is 17.4. The first-order chi connectivity index (χ1) is 12.8. The number of aliphatic imine (C=N–C) groups is 1. The summed E-state index contributed by atoms with van der Waals surface area (Å²) in [7, 11) is 0. The first-order valence-electron chi connectivity index (χ1n) is 9.28. The molecule has 1 aliphatic heterocycles. The van der Waals surface area contributed by atoms with Gasteiger partial charge in [-0.2, -0.15) is 0 Å². The number of nitrogens with zero attached hydrogens (tertiary/aromatic N) is 2. The van der Waals surface area contributed by atoms with Crippen molar-refractivity contribution in [3.8, 4) is 0 Å². The summed E-state index contributed by atoms with van der Waals surface area (Å²) in [6.07, 6.45) is 1.98. The van der Waals surface area contributed by atoms with Gasteiger partial charge in [-0.3, -0.25) is 4.79 Å². The number of hydrogen-bond donors (Lipinski definition) is 1. The van der Waals surface area contributed by atoms with Gasteiger partial charge >= 0.3 is 0 Å². The van der Waals surface area contributed by atoms with E-state index in [4.69, 9.17) is 0 Å². The maximum absolute atomic E-state index is 12.4. The molecule has 1 aliphatic rings. The van der Waals surface area contributed by atoms with Crippen LogP contribution in [0.1, 0.15) is 41.9 Å². The van der Waals surface area contributed by atoms with Crippen LogP contribution in [0.5, 0.6) is 0 Å². The third-order valence-corrected chi connectivity index (χ3v) is 5.66. The molecule has 3 rings (SSSR count). The fourth-order valence-electron chi connectivity index (χ4n) is 3.33. The minimum atomic E-state index is -0.0846. The Balaban J connectivity index is 1.89. The number of carbonyl (C=O) groups is 1. The number of benzene rings is 1. The zero-order chi connectivity index (χ0) is 19.7. The fourth-order valence-corrected chi connectivity index (χ4v) is 4.14. The van der Waals surface area contributed by atoms with E-state index in [1.807, 2.05) is 38.1 Å². The molecule has 0 spiro atoms. The van der Waals surface area contributed by atoms with Crippen molar-refractivity contribution < 1.29 is 4.79 Å². The van der Waals surface area contributed by atoms with Gasteiger partial charge in [-0.05, 0) is 74.2 Å². The zero-order valence-corrected chi connectivity index (χ0v) is 17.7. The summed E-state index contributed by atoms with van der Waals surface area (Å²) in [6, 6.07) is 8.24. The molecular formula is C22H27N3OS. The second-order valence-corrected chi connectivity index (χ2v) is 8.58. The van der Waals surface area contributed by atoms with E-state index < -0.39 is 0 Å².